The fourth-order valence-electron chi connectivity index (χ4n) is 2.88. The highest BCUT2D eigenvalue weighted by Crippen LogP contribution is 2.05. The summed E-state index contributed by atoms with van der Waals surface area (Å²) in [4.78, 5) is 48.5. The molecule has 3 amide bonds. The first-order chi connectivity index (χ1) is 15.1. The number of carbonyl (C=O) groups excluding carboxylic acids is 3. The van der Waals surface area contributed by atoms with Gasteiger partial charge >= 0.3 is 5.97 Å². The number of hydrogen-bond acceptors (Lipinski definition) is 7. The van der Waals surface area contributed by atoms with Gasteiger partial charge in [0.2, 0.25) is 17.7 Å². The molecular weight excluding hydrogens is 420 g/mol. The SMILES string of the molecule is CC(C)CC(N)C(=O)NC(CO)C(=O)NC(CO)C(=O)NC(Cc1ccccc1)C(=O)O. The average molecular weight is 453 g/mol. The Labute approximate surface area is 186 Å². The number of aliphatic hydroxyl groups excluding tert-OH is 2. The quantitative estimate of drug-likeness (QED) is 0.181. The minimum atomic E-state index is -1.49. The smallest absolute Gasteiger partial charge is 0.326 e. The Morgan fingerprint density at radius 1 is 0.844 bits per heavy atom. The zero-order valence-electron chi connectivity index (χ0n) is 18.2. The number of rotatable bonds is 13. The second kappa shape index (κ2) is 13.4. The van der Waals surface area contributed by atoms with E-state index in [-0.39, 0.29) is 12.3 Å². The van der Waals surface area contributed by atoms with Gasteiger partial charge in [0.1, 0.15) is 18.1 Å². The largest absolute Gasteiger partial charge is 0.480 e. The van der Waals surface area contributed by atoms with Gasteiger partial charge in [-0.1, -0.05) is 44.2 Å². The summed E-state index contributed by atoms with van der Waals surface area (Å²) in [5.74, 6) is -3.65. The third kappa shape index (κ3) is 9.00. The number of nitrogens with one attached hydrogen (secondary N) is 3. The van der Waals surface area contributed by atoms with Crippen LogP contribution >= 0.6 is 0 Å². The highest BCUT2D eigenvalue weighted by atomic mass is 16.4. The van der Waals surface area contributed by atoms with Crippen molar-refractivity contribution in [2.45, 2.75) is 50.9 Å². The Bertz CT molecular complexity index is 773. The van der Waals surface area contributed by atoms with Crippen LogP contribution in [0, 0.1) is 5.92 Å². The summed E-state index contributed by atoms with van der Waals surface area (Å²) in [6, 6.07) is 3.55. The highest BCUT2D eigenvalue weighted by molar-refractivity contribution is 5.94. The van der Waals surface area contributed by atoms with Crippen LogP contribution in [0.3, 0.4) is 0 Å². The van der Waals surface area contributed by atoms with E-state index in [2.05, 4.69) is 16.0 Å². The summed E-state index contributed by atoms with van der Waals surface area (Å²) in [5.41, 5.74) is 6.43. The molecule has 0 aliphatic carbocycles. The molecule has 0 radical (unpaired) electrons. The summed E-state index contributed by atoms with van der Waals surface area (Å²) in [5, 5.41) is 35.2. The molecule has 1 aromatic rings. The highest BCUT2D eigenvalue weighted by Gasteiger charge is 2.30. The fourth-order valence-corrected chi connectivity index (χ4v) is 2.88. The Morgan fingerprint density at radius 3 is 1.75 bits per heavy atom. The summed E-state index contributed by atoms with van der Waals surface area (Å²) in [6.45, 7) is 2.15. The van der Waals surface area contributed by atoms with Crippen LogP contribution in [0.15, 0.2) is 30.3 Å². The van der Waals surface area contributed by atoms with Gasteiger partial charge in [-0.15, -0.1) is 0 Å². The first-order valence-corrected chi connectivity index (χ1v) is 10.2. The second-order valence-electron chi connectivity index (χ2n) is 7.81. The van der Waals surface area contributed by atoms with Gasteiger partial charge in [0, 0.05) is 6.42 Å². The van der Waals surface area contributed by atoms with Gasteiger partial charge in [0.05, 0.1) is 19.3 Å². The van der Waals surface area contributed by atoms with Crippen molar-refractivity contribution in [3.05, 3.63) is 35.9 Å². The van der Waals surface area contributed by atoms with Crippen LogP contribution < -0.4 is 21.7 Å². The van der Waals surface area contributed by atoms with E-state index in [9.17, 15) is 34.5 Å². The molecule has 0 heterocycles. The zero-order chi connectivity index (χ0) is 24.3. The van der Waals surface area contributed by atoms with E-state index < -0.39 is 61.1 Å². The molecule has 0 aliphatic heterocycles. The number of carboxylic acid groups (broad SMARTS) is 1. The number of nitrogens with two attached hydrogens (primary N) is 1. The molecular formula is C21H32N4O7. The molecule has 4 unspecified atom stereocenters. The van der Waals surface area contributed by atoms with Crippen molar-refractivity contribution in [3.8, 4) is 0 Å². The van der Waals surface area contributed by atoms with E-state index >= 15 is 0 Å². The van der Waals surface area contributed by atoms with Gasteiger partial charge in [0.25, 0.3) is 0 Å². The van der Waals surface area contributed by atoms with E-state index in [4.69, 9.17) is 5.73 Å². The summed E-state index contributed by atoms with van der Waals surface area (Å²) in [7, 11) is 0. The fraction of sp³-hybridized carbons (Fsp3) is 0.524. The van der Waals surface area contributed by atoms with Crippen molar-refractivity contribution in [2.24, 2.45) is 11.7 Å². The molecule has 0 spiro atoms. The average Bonchev–Trinajstić information content (AvgIpc) is 2.74. The van der Waals surface area contributed by atoms with Crippen LogP contribution in [0.2, 0.25) is 0 Å². The molecule has 0 fully saturated rings. The first-order valence-electron chi connectivity index (χ1n) is 10.2. The van der Waals surface area contributed by atoms with Gasteiger partial charge in [-0.05, 0) is 17.9 Å². The molecule has 1 rings (SSSR count). The van der Waals surface area contributed by atoms with Crippen LogP contribution in [0.1, 0.15) is 25.8 Å². The van der Waals surface area contributed by atoms with Crippen molar-refractivity contribution < 1.29 is 34.5 Å². The molecule has 0 saturated heterocycles. The molecule has 8 N–H and O–H groups in total. The van der Waals surface area contributed by atoms with Crippen molar-refractivity contribution >= 4 is 23.7 Å². The third-order valence-electron chi connectivity index (χ3n) is 4.59. The number of aliphatic carboxylic acids is 1. The number of aliphatic hydroxyl groups is 2. The predicted octanol–water partition coefficient (Wildman–Crippen LogP) is -1.87. The van der Waals surface area contributed by atoms with Crippen LogP contribution in [0.25, 0.3) is 0 Å². The summed E-state index contributed by atoms with van der Waals surface area (Å²) in [6.07, 6.45) is 0.363. The number of amides is 3. The van der Waals surface area contributed by atoms with Crippen LogP contribution in [0.4, 0.5) is 0 Å². The maximum atomic E-state index is 12.5. The minimum Gasteiger partial charge on any atom is -0.480 e. The van der Waals surface area contributed by atoms with Gasteiger partial charge < -0.3 is 37.0 Å². The zero-order valence-corrected chi connectivity index (χ0v) is 18.2. The molecule has 4 atom stereocenters. The Kier molecular flexibility index (Phi) is 11.3. The molecule has 32 heavy (non-hydrogen) atoms. The Balaban J connectivity index is 2.75. The van der Waals surface area contributed by atoms with E-state index in [0.29, 0.717) is 12.0 Å². The van der Waals surface area contributed by atoms with E-state index in [0.717, 1.165) is 0 Å². The lowest BCUT2D eigenvalue weighted by Gasteiger charge is -2.23. The normalized spacial score (nSPS) is 14.7. The van der Waals surface area contributed by atoms with E-state index in [1.54, 1.807) is 30.3 Å². The molecule has 11 heteroatoms. The van der Waals surface area contributed by atoms with Crippen molar-refractivity contribution in [1.82, 2.24) is 16.0 Å². The van der Waals surface area contributed by atoms with Crippen molar-refractivity contribution in [3.63, 3.8) is 0 Å². The van der Waals surface area contributed by atoms with Crippen molar-refractivity contribution in [2.75, 3.05) is 13.2 Å². The number of benzene rings is 1. The molecule has 0 aromatic heterocycles. The van der Waals surface area contributed by atoms with Crippen LogP contribution in [0.5, 0.6) is 0 Å². The topological polar surface area (TPSA) is 191 Å². The predicted molar refractivity (Wildman–Crippen MR) is 115 cm³/mol. The molecule has 0 saturated carbocycles. The monoisotopic (exact) mass is 452 g/mol. The minimum absolute atomic E-state index is 0.00291. The molecule has 1 aromatic carbocycles. The van der Waals surface area contributed by atoms with E-state index in [1.807, 2.05) is 13.8 Å². The van der Waals surface area contributed by atoms with Crippen molar-refractivity contribution in [1.29, 1.82) is 0 Å². The molecule has 0 aliphatic rings. The first kappa shape index (κ1) is 27.0. The van der Waals surface area contributed by atoms with Crippen LogP contribution in [-0.2, 0) is 25.6 Å². The maximum Gasteiger partial charge on any atom is 0.326 e. The lowest BCUT2D eigenvalue weighted by atomic mass is 10.0. The van der Waals surface area contributed by atoms with Gasteiger partial charge in [0.15, 0.2) is 0 Å². The molecule has 178 valence electrons. The summed E-state index contributed by atoms with van der Waals surface area (Å²) < 4.78 is 0. The van der Waals surface area contributed by atoms with Crippen LogP contribution in [-0.4, -0.2) is 76.4 Å². The number of carbonyl (C=O) groups is 4. The lowest BCUT2D eigenvalue weighted by molar-refractivity contribution is -0.142. The third-order valence-corrected chi connectivity index (χ3v) is 4.59. The van der Waals surface area contributed by atoms with Gasteiger partial charge in [-0.3, -0.25) is 14.4 Å². The number of hydrogen-bond donors (Lipinski definition) is 7. The number of carboxylic acids is 1. The van der Waals surface area contributed by atoms with Gasteiger partial charge in [-0.25, -0.2) is 4.79 Å². The maximum absolute atomic E-state index is 12.5. The second-order valence-corrected chi connectivity index (χ2v) is 7.81. The molecule has 11 nitrogen and oxygen atoms in total. The Hall–Kier alpha value is -3.02. The van der Waals surface area contributed by atoms with E-state index in [1.165, 1.54) is 0 Å². The lowest BCUT2D eigenvalue weighted by Crippen LogP contribution is -2.59. The standard InChI is InChI=1S/C21H32N4O7/c1-12(2)8-14(22)18(28)24-16(10-26)20(30)25-17(11-27)19(29)23-15(21(31)32)9-13-6-4-3-5-7-13/h3-7,12,14-17,26-27H,8-11,22H2,1-2H3,(H,23,29)(H,24,28)(H,25,30)(H,31,32). The molecule has 0 bridgehead atoms. The Morgan fingerprint density at radius 2 is 1.31 bits per heavy atom. The summed E-state index contributed by atoms with van der Waals surface area (Å²) >= 11 is 0. The van der Waals surface area contributed by atoms with Gasteiger partial charge in [-0.2, -0.15) is 0 Å².